The lowest BCUT2D eigenvalue weighted by Crippen LogP contribution is -2.02. The summed E-state index contributed by atoms with van der Waals surface area (Å²) in [5.41, 5.74) is 0.694. The maximum atomic E-state index is 10.6. The summed E-state index contributed by atoms with van der Waals surface area (Å²) in [4.78, 5) is 16.4. The topological polar surface area (TPSA) is 59.4 Å². The highest BCUT2D eigenvalue weighted by Gasteiger charge is 2.09. The first-order valence-corrected chi connectivity index (χ1v) is 5.91. The first-order valence-electron chi connectivity index (χ1n) is 5.09. The van der Waals surface area contributed by atoms with E-state index in [1.165, 1.54) is 11.3 Å². The molecule has 2 heterocycles. The molecule has 17 heavy (non-hydrogen) atoms. The Labute approximate surface area is 103 Å². The van der Waals surface area contributed by atoms with Crippen LogP contribution in [0, 0.1) is 0 Å². The normalized spacial score (nSPS) is 10.2. The van der Waals surface area contributed by atoms with Gasteiger partial charge in [0.25, 0.3) is 0 Å². The molecule has 0 saturated carbocycles. The number of nitrogens with zero attached hydrogens (tertiary/aromatic N) is 1. The molecule has 0 aromatic carbocycles. The van der Waals surface area contributed by atoms with Crippen LogP contribution in [0.2, 0.25) is 0 Å². The van der Waals surface area contributed by atoms with Crippen LogP contribution in [0.4, 0.5) is 0 Å². The van der Waals surface area contributed by atoms with Gasteiger partial charge in [0, 0.05) is 6.20 Å². The predicted octanol–water partition coefficient (Wildman–Crippen LogP) is 1.99. The van der Waals surface area contributed by atoms with Crippen molar-refractivity contribution >= 4 is 17.6 Å². The van der Waals surface area contributed by atoms with Crippen molar-refractivity contribution in [2.24, 2.45) is 0 Å². The maximum absolute atomic E-state index is 10.6. The smallest absolute Gasteiger partial charge is 0.160 e. The highest BCUT2D eigenvalue weighted by Crippen LogP contribution is 2.32. The van der Waals surface area contributed by atoms with Crippen LogP contribution in [0.15, 0.2) is 30.5 Å². The van der Waals surface area contributed by atoms with Crippen molar-refractivity contribution < 1.29 is 14.6 Å². The van der Waals surface area contributed by atoms with E-state index in [1.807, 2.05) is 6.07 Å². The molecule has 0 spiro atoms. The van der Waals surface area contributed by atoms with Gasteiger partial charge in [0.05, 0.1) is 16.4 Å². The number of thiophene rings is 1. The Balaban J connectivity index is 2.33. The van der Waals surface area contributed by atoms with Crippen molar-refractivity contribution in [2.45, 2.75) is 0 Å². The summed E-state index contributed by atoms with van der Waals surface area (Å²) in [6, 6.07) is 7.14. The molecule has 0 aliphatic heterocycles. The van der Waals surface area contributed by atoms with Crippen LogP contribution in [0.1, 0.15) is 9.67 Å². The van der Waals surface area contributed by atoms with Gasteiger partial charge in [-0.05, 0) is 24.3 Å². The molecular formula is C12H11NO3S. The van der Waals surface area contributed by atoms with Crippen molar-refractivity contribution in [1.82, 2.24) is 4.98 Å². The lowest BCUT2D eigenvalue weighted by Gasteiger charge is -2.07. The summed E-state index contributed by atoms with van der Waals surface area (Å²) in [7, 11) is 0. The number of aliphatic hydroxyl groups is 1. The number of hydrogen-bond acceptors (Lipinski definition) is 5. The standard InChI is InChI=1S/C12H11NO3S/c14-6-7-16-10-2-1-5-13-12(10)11-4-3-9(8-15)17-11/h1-5,8,14H,6-7H2. The largest absolute Gasteiger partial charge is 0.489 e. The molecule has 0 unspecified atom stereocenters. The summed E-state index contributed by atoms with van der Waals surface area (Å²) in [6.45, 7) is 0.184. The van der Waals surface area contributed by atoms with Gasteiger partial charge in [0.15, 0.2) is 6.29 Å². The molecular weight excluding hydrogens is 238 g/mol. The number of ether oxygens (including phenoxy) is 1. The van der Waals surface area contributed by atoms with E-state index in [-0.39, 0.29) is 13.2 Å². The first kappa shape index (κ1) is 11.8. The molecule has 0 aliphatic rings. The SMILES string of the molecule is O=Cc1ccc(-c2ncccc2OCCO)s1. The number of carbonyl (C=O) groups is 1. The molecule has 0 radical (unpaired) electrons. The third-order valence-corrected chi connectivity index (χ3v) is 3.11. The van der Waals surface area contributed by atoms with Gasteiger partial charge < -0.3 is 9.84 Å². The van der Waals surface area contributed by atoms with Crippen LogP contribution in [0.5, 0.6) is 5.75 Å². The van der Waals surface area contributed by atoms with Crippen molar-refractivity contribution in [1.29, 1.82) is 0 Å². The van der Waals surface area contributed by atoms with Gasteiger partial charge in [-0.1, -0.05) is 0 Å². The Morgan fingerprint density at radius 2 is 2.29 bits per heavy atom. The van der Waals surface area contributed by atoms with E-state index in [1.54, 1.807) is 24.4 Å². The van der Waals surface area contributed by atoms with E-state index in [2.05, 4.69) is 4.98 Å². The molecule has 2 aromatic rings. The Kier molecular flexibility index (Phi) is 3.85. The van der Waals surface area contributed by atoms with E-state index >= 15 is 0 Å². The summed E-state index contributed by atoms with van der Waals surface area (Å²) >= 11 is 1.36. The molecule has 1 N–H and O–H groups in total. The predicted molar refractivity (Wildman–Crippen MR) is 65.5 cm³/mol. The molecule has 0 atom stereocenters. The zero-order chi connectivity index (χ0) is 12.1. The quantitative estimate of drug-likeness (QED) is 0.823. The van der Waals surface area contributed by atoms with Gasteiger partial charge in [-0.2, -0.15) is 0 Å². The third kappa shape index (κ3) is 2.69. The highest BCUT2D eigenvalue weighted by atomic mass is 32.1. The molecule has 2 aromatic heterocycles. The van der Waals surface area contributed by atoms with Crippen LogP contribution in [-0.2, 0) is 0 Å². The van der Waals surface area contributed by atoms with Crippen molar-refractivity contribution in [3.05, 3.63) is 35.3 Å². The maximum Gasteiger partial charge on any atom is 0.160 e. The van der Waals surface area contributed by atoms with E-state index < -0.39 is 0 Å². The average Bonchev–Trinajstić information content (AvgIpc) is 2.85. The Morgan fingerprint density at radius 1 is 1.41 bits per heavy atom. The van der Waals surface area contributed by atoms with Gasteiger partial charge in [-0.15, -0.1) is 11.3 Å². The summed E-state index contributed by atoms with van der Waals surface area (Å²) in [5, 5.41) is 8.74. The Hall–Kier alpha value is -1.72. The van der Waals surface area contributed by atoms with Crippen LogP contribution >= 0.6 is 11.3 Å². The molecule has 0 fully saturated rings. The van der Waals surface area contributed by atoms with E-state index in [4.69, 9.17) is 9.84 Å². The van der Waals surface area contributed by atoms with Crippen molar-refractivity contribution in [2.75, 3.05) is 13.2 Å². The minimum absolute atomic E-state index is 0.0433. The zero-order valence-electron chi connectivity index (χ0n) is 9.00. The average molecular weight is 249 g/mol. The van der Waals surface area contributed by atoms with Gasteiger partial charge in [0.2, 0.25) is 0 Å². The number of aldehydes is 1. The molecule has 0 bridgehead atoms. The van der Waals surface area contributed by atoms with Gasteiger partial charge in [-0.25, -0.2) is 0 Å². The zero-order valence-corrected chi connectivity index (χ0v) is 9.81. The molecule has 5 heteroatoms. The number of aromatic nitrogens is 1. The Morgan fingerprint density at radius 3 is 3.00 bits per heavy atom. The fraction of sp³-hybridized carbons (Fsp3) is 0.167. The Bertz CT molecular complexity index is 510. The second kappa shape index (κ2) is 5.56. The number of carbonyl (C=O) groups excluding carboxylic acids is 1. The molecule has 0 aliphatic carbocycles. The minimum Gasteiger partial charge on any atom is -0.489 e. The second-order valence-electron chi connectivity index (χ2n) is 3.24. The highest BCUT2D eigenvalue weighted by molar-refractivity contribution is 7.17. The van der Waals surface area contributed by atoms with Gasteiger partial charge in [-0.3, -0.25) is 9.78 Å². The molecule has 2 rings (SSSR count). The van der Waals surface area contributed by atoms with Gasteiger partial charge in [0.1, 0.15) is 18.1 Å². The van der Waals surface area contributed by atoms with Gasteiger partial charge >= 0.3 is 0 Å². The second-order valence-corrected chi connectivity index (χ2v) is 4.36. The molecule has 0 amide bonds. The van der Waals surface area contributed by atoms with Crippen LogP contribution in [-0.4, -0.2) is 29.6 Å². The molecule has 0 saturated heterocycles. The summed E-state index contributed by atoms with van der Waals surface area (Å²) in [6.07, 6.45) is 2.48. The summed E-state index contributed by atoms with van der Waals surface area (Å²) in [5.74, 6) is 0.612. The monoisotopic (exact) mass is 249 g/mol. The van der Waals surface area contributed by atoms with Crippen molar-refractivity contribution in [3.63, 3.8) is 0 Å². The molecule has 88 valence electrons. The lowest BCUT2D eigenvalue weighted by molar-refractivity contribution is 0.112. The minimum atomic E-state index is -0.0433. The van der Waals surface area contributed by atoms with Crippen LogP contribution in [0.25, 0.3) is 10.6 Å². The van der Waals surface area contributed by atoms with E-state index in [9.17, 15) is 4.79 Å². The first-order chi connectivity index (χ1) is 8.35. The number of rotatable bonds is 5. The molecule has 4 nitrogen and oxygen atoms in total. The number of hydrogen-bond donors (Lipinski definition) is 1. The fourth-order valence-corrected chi connectivity index (χ4v) is 2.22. The van der Waals surface area contributed by atoms with E-state index in [0.717, 1.165) is 11.2 Å². The van der Waals surface area contributed by atoms with Crippen molar-refractivity contribution in [3.8, 4) is 16.3 Å². The fourth-order valence-electron chi connectivity index (χ4n) is 1.39. The third-order valence-electron chi connectivity index (χ3n) is 2.10. The van der Waals surface area contributed by atoms with Crippen LogP contribution < -0.4 is 4.74 Å². The van der Waals surface area contributed by atoms with Crippen LogP contribution in [0.3, 0.4) is 0 Å². The number of aliphatic hydroxyl groups excluding tert-OH is 1. The summed E-state index contributed by atoms with van der Waals surface area (Å²) < 4.78 is 5.39. The number of pyridine rings is 1. The van der Waals surface area contributed by atoms with E-state index in [0.29, 0.717) is 16.3 Å². The lowest BCUT2D eigenvalue weighted by atomic mass is 10.3.